The van der Waals surface area contributed by atoms with Crippen molar-refractivity contribution in [2.75, 3.05) is 0 Å². The molecule has 19 heavy (non-hydrogen) atoms. The topological polar surface area (TPSA) is 54.6 Å². The van der Waals surface area contributed by atoms with Gasteiger partial charge in [0, 0.05) is 5.56 Å². The zero-order valence-corrected chi connectivity index (χ0v) is 10.4. The van der Waals surface area contributed by atoms with Crippen LogP contribution in [0.25, 0.3) is 0 Å². The number of furan rings is 1. The lowest BCUT2D eigenvalue weighted by Crippen LogP contribution is -2.19. The van der Waals surface area contributed by atoms with Crippen LogP contribution < -0.4 is 5.43 Å². The number of halogens is 1. The second-order valence-corrected chi connectivity index (χ2v) is 3.84. The highest BCUT2D eigenvalue weighted by atomic mass is 19.1. The maximum atomic E-state index is 12.7. The molecule has 1 heterocycles. The second-order valence-electron chi connectivity index (χ2n) is 3.84. The number of nitrogens with one attached hydrogen (secondary N) is 1. The fourth-order valence-corrected chi connectivity index (χ4v) is 1.54. The molecule has 2 aromatic rings. The molecule has 0 bridgehead atoms. The predicted octanol–water partition coefficient (Wildman–Crippen LogP) is 2.96. The van der Waals surface area contributed by atoms with E-state index in [4.69, 9.17) is 4.42 Å². The quantitative estimate of drug-likeness (QED) is 0.678. The van der Waals surface area contributed by atoms with E-state index in [1.807, 2.05) is 6.92 Å². The molecular weight excluding hydrogens is 247 g/mol. The van der Waals surface area contributed by atoms with Gasteiger partial charge in [-0.25, -0.2) is 9.82 Å². The summed E-state index contributed by atoms with van der Waals surface area (Å²) < 4.78 is 17.9. The van der Waals surface area contributed by atoms with Crippen LogP contribution in [-0.2, 0) is 0 Å². The van der Waals surface area contributed by atoms with Crippen LogP contribution in [0.5, 0.6) is 0 Å². The van der Waals surface area contributed by atoms with Gasteiger partial charge in [0.25, 0.3) is 5.91 Å². The minimum Gasteiger partial charge on any atom is -0.463 e. The second kappa shape index (κ2) is 5.95. The molecular formula is C14H13FN2O2. The molecule has 5 heteroatoms. The third-order valence-electron chi connectivity index (χ3n) is 2.54. The van der Waals surface area contributed by atoms with Gasteiger partial charge >= 0.3 is 0 Å². The molecule has 2 rings (SSSR count). The van der Waals surface area contributed by atoms with E-state index in [-0.39, 0.29) is 5.82 Å². The number of rotatable bonds is 4. The summed E-state index contributed by atoms with van der Waals surface area (Å²) in [5, 5.41) is 4.01. The zero-order chi connectivity index (χ0) is 13.7. The van der Waals surface area contributed by atoms with Gasteiger partial charge in [0.1, 0.15) is 17.3 Å². The first-order valence-electron chi connectivity index (χ1n) is 5.87. The molecule has 0 radical (unpaired) electrons. The van der Waals surface area contributed by atoms with Crippen LogP contribution in [0.2, 0.25) is 0 Å². The number of carbonyl (C=O) groups excluding carboxylic acids is 1. The number of hydrogen-bond acceptors (Lipinski definition) is 3. The van der Waals surface area contributed by atoms with Crippen LogP contribution >= 0.6 is 0 Å². The van der Waals surface area contributed by atoms with Crippen LogP contribution in [-0.4, -0.2) is 11.6 Å². The van der Waals surface area contributed by atoms with Gasteiger partial charge in [0.15, 0.2) is 0 Å². The smallest absolute Gasteiger partial charge is 0.271 e. The van der Waals surface area contributed by atoms with Crippen LogP contribution in [0.4, 0.5) is 4.39 Å². The Morgan fingerprint density at radius 1 is 1.32 bits per heavy atom. The zero-order valence-electron chi connectivity index (χ0n) is 10.4. The van der Waals surface area contributed by atoms with Crippen molar-refractivity contribution in [2.45, 2.75) is 13.3 Å². The molecule has 0 aliphatic rings. The molecule has 0 saturated heterocycles. The lowest BCUT2D eigenvalue weighted by Gasteiger charge is -2.02. The number of hydrazone groups is 1. The Balaban J connectivity index is 2.08. The Bertz CT molecular complexity index is 574. The Kier molecular flexibility index (Phi) is 4.07. The van der Waals surface area contributed by atoms with E-state index >= 15 is 0 Å². The van der Waals surface area contributed by atoms with Crippen molar-refractivity contribution >= 4 is 11.6 Å². The van der Waals surface area contributed by atoms with E-state index in [0.717, 1.165) is 0 Å². The molecule has 0 atom stereocenters. The summed E-state index contributed by atoms with van der Waals surface area (Å²) in [6.45, 7) is 1.91. The highest BCUT2D eigenvalue weighted by molar-refractivity contribution is 6.00. The van der Waals surface area contributed by atoms with Gasteiger partial charge in [-0.05, 0) is 42.8 Å². The van der Waals surface area contributed by atoms with Gasteiger partial charge in [-0.2, -0.15) is 5.10 Å². The fourth-order valence-electron chi connectivity index (χ4n) is 1.54. The summed E-state index contributed by atoms with van der Waals surface area (Å²) in [4.78, 5) is 11.8. The van der Waals surface area contributed by atoms with Gasteiger partial charge in [-0.3, -0.25) is 4.79 Å². The third kappa shape index (κ3) is 3.28. The Morgan fingerprint density at radius 2 is 2.05 bits per heavy atom. The molecule has 0 aliphatic carbocycles. The first kappa shape index (κ1) is 13.0. The molecule has 98 valence electrons. The van der Waals surface area contributed by atoms with E-state index in [0.29, 0.717) is 23.5 Å². The molecule has 1 aromatic heterocycles. The van der Waals surface area contributed by atoms with E-state index < -0.39 is 5.91 Å². The van der Waals surface area contributed by atoms with Crippen molar-refractivity contribution in [3.63, 3.8) is 0 Å². The van der Waals surface area contributed by atoms with Gasteiger partial charge < -0.3 is 4.42 Å². The standard InChI is InChI=1S/C14H13FN2O2/c1-2-12(13-4-3-9-19-13)16-17-14(18)10-5-7-11(15)8-6-10/h3-9H,2H2,1H3,(H,17,18)/b16-12-. The summed E-state index contributed by atoms with van der Waals surface area (Å²) in [6, 6.07) is 8.78. The van der Waals surface area contributed by atoms with Crippen molar-refractivity contribution in [3.8, 4) is 0 Å². The summed E-state index contributed by atoms with van der Waals surface area (Å²) >= 11 is 0. The van der Waals surface area contributed by atoms with Crippen molar-refractivity contribution in [2.24, 2.45) is 5.10 Å². The van der Waals surface area contributed by atoms with Gasteiger partial charge in [0.05, 0.1) is 6.26 Å². The molecule has 1 amide bonds. The number of nitrogens with zero attached hydrogens (tertiary/aromatic N) is 1. The first-order valence-corrected chi connectivity index (χ1v) is 5.87. The normalized spacial score (nSPS) is 11.4. The highest BCUT2D eigenvalue weighted by Crippen LogP contribution is 2.06. The predicted molar refractivity (Wildman–Crippen MR) is 69.4 cm³/mol. The van der Waals surface area contributed by atoms with E-state index in [9.17, 15) is 9.18 Å². The maximum absolute atomic E-state index is 12.7. The summed E-state index contributed by atoms with van der Waals surface area (Å²) in [6.07, 6.45) is 2.17. The van der Waals surface area contributed by atoms with Gasteiger partial charge in [0.2, 0.25) is 0 Å². The van der Waals surface area contributed by atoms with Crippen molar-refractivity contribution in [1.29, 1.82) is 0 Å². The molecule has 0 aliphatic heterocycles. The first-order chi connectivity index (χ1) is 9.20. The average molecular weight is 260 g/mol. The highest BCUT2D eigenvalue weighted by Gasteiger charge is 2.07. The molecule has 0 unspecified atom stereocenters. The molecule has 1 aromatic carbocycles. The Morgan fingerprint density at radius 3 is 2.63 bits per heavy atom. The van der Waals surface area contributed by atoms with Gasteiger partial charge in [-0.1, -0.05) is 6.92 Å². The lowest BCUT2D eigenvalue weighted by molar-refractivity contribution is 0.0954. The van der Waals surface area contributed by atoms with Crippen LogP contribution in [0, 0.1) is 5.82 Å². The van der Waals surface area contributed by atoms with Crippen LogP contribution in [0.15, 0.2) is 52.2 Å². The largest absolute Gasteiger partial charge is 0.463 e. The summed E-state index contributed by atoms with van der Waals surface area (Å²) in [7, 11) is 0. The van der Waals surface area contributed by atoms with Crippen molar-refractivity contribution in [3.05, 3.63) is 59.8 Å². The average Bonchev–Trinajstić information content (AvgIpc) is 2.94. The molecule has 0 spiro atoms. The minimum absolute atomic E-state index is 0.347. The number of amides is 1. The van der Waals surface area contributed by atoms with E-state index in [2.05, 4.69) is 10.5 Å². The van der Waals surface area contributed by atoms with E-state index in [1.54, 1.807) is 18.4 Å². The molecule has 4 nitrogen and oxygen atoms in total. The lowest BCUT2D eigenvalue weighted by atomic mass is 10.2. The fraction of sp³-hybridized carbons (Fsp3) is 0.143. The third-order valence-corrected chi connectivity index (χ3v) is 2.54. The summed E-state index contributed by atoms with van der Waals surface area (Å²) in [5.41, 5.74) is 3.41. The molecule has 0 fully saturated rings. The minimum atomic E-state index is -0.391. The van der Waals surface area contributed by atoms with Crippen molar-refractivity contribution < 1.29 is 13.6 Å². The van der Waals surface area contributed by atoms with E-state index in [1.165, 1.54) is 24.3 Å². The van der Waals surface area contributed by atoms with Crippen LogP contribution in [0.3, 0.4) is 0 Å². The van der Waals surface area contributed by atoms with Gasteiger partial charge in [-0.15, -0.1) is 0 Å². The van der Waals surface area contributed by atoms with Crippen LogP contribution in [0.1, 0.15) is 29.5 Å². The summed E-state index contributed by atoms with van der Waals surface area (Å²) in [5.74, 6) is -0.163. The Hall–Kier alpha value is -2.43. The monoisotopic (exact) mass is 260 g/mol. The maximum Gasteiger partial charge on any atom is 0.271 e. The Labute approximate surface area is 109 Å². The number of hydrogen-bond donors (Lipinski definition) is 1. The SMILES string of the molecule is CC/C(=N/NC(=O)c1ccc(F)cc1)c1ccco1. The molecule has 1 N–H and O–H groups in total. The number of benzene rings is 1. The van der Waals surface area contributed by atoms with Crippen molar-refractivity contribution in [1.82, 2.24) is 5.43 Å². The number of carbonyl (C=O) groups is 1. The molecule has 0 saturated carbocycles.